The number of hydrogen-bond acceptors (Lipinski definition) is 1. The molecule has 0 aromatic heterocycles. The average Bonchev–Trinajstić information content (AvgIpc) is 2.30. The van der Waals surface area contributed by atoms with Gasteiger partial charge in [-0.05, 0) is 0 Å². The maximum absolute atomic E-state index is 12.8. The van der Waals surface area contributed by atoms with Gasteiger partial charge in [-0.25, -0.2) is 4.90 Å². The van der Waals surface area contributed by atoms with E-state index in [1.165, 1.54) is 0 Å². The summed E-state index contributed by atoms with van der Waals surface area (Å²) in [4.78, 5) is -3.22. The Balaban J connectivity index is 3.64. The number of likely N-dealkylation sites (tertiary alicyclic amines) is 1. The summed E-state index contributed by atoms with van der Waals surface area (Å²) in [6.45, 7) is 0. The molecule has 1 nitrogen and oxygen atoms in total. The van der Waals surface area contributed by atoms with Gasteiger partial charge in [-0.15, -0.1) is 0 Å². The van der Waals surface area contributed by atoms with Gasteiger partial charge in [-0.1, -0.05) is 0 Å². The molecule has 0 N–H and O–H groups in total. The summed E-state index contributed by atoms with van der Waals surface area (Å²) in [5.41, 5.74) is 0. The van der Waals surface area contributed by atoms with Gasteiger partial charge in [0, 0.05) is 0 Å². The normalized spacial score (nSPS) is 27.6. The van der Waals surface area contributed by atoms with Gasteiger partial charge in [0.05, 0.1) is 0 Å². The fraction of sp³-hybridized carbons (Fsp3) is 0.714. The van der Waals surface area contributed by atoms with Gasteiger partial charge < -0.3 is 0 Å². The topological polar surface area (TPSA) is 3.24 Å². The summed E-state index contributed by atoms with van der Waals surface area (Å²) in [6, 6.07) is -13.7. The SMILES string of the molecule is F/C(=C(/F)C(F)(F)F)N1C(F)(F)C(F)(F)C(F)(F)C1(F)F. The molecule has 0 aromatic rings. The largest absolute Gasteiger partial charge is 0.447 e. The first-order valence-corrected chi connectivity index (χ1v) is 4.38. The highest BCUT2D eigenvalue weighted by Crippen LogP contribution is 2.64. The van der Waals surface area contributed by atoms with E-state index in [0.29, 0.717) is 0 Å². The van der Waals surface area contributed by atoms with Crippen LogP contribution < -0.4 is 0 Å². The van der Waals surface area contributed by atoms with Gasteiger partial charge >= 0.3 is 30.1 Å². The van der Waals surface area contributed by atoms with E-state index >= 15 is 0 Å². The summed E-state index contributed by atoms with van der Waals surface area (Å²) in [5, 5.41) is 0. The van der Waals surface area contributed by atoms with Gasteiger partial charge in [0.15, 0.2) is 0 Å². The Kier molecular flexibility index (Phi) is 3.44. The van der Waals surface area contributed by atoms with Gasteiger partial charge in [-0.2, -0.15) is 57.1 Å². The molecule has 0 bridgehead atoms. The van der Waals surface area contributed by atoms with Crippen molar-refractivity contribution in [3.63, 3.8) is 0 Å². The van der Waals surface area contributed by atoms with Gasteiger partial charge in [0.25, 0.3) is 5.83 Å². The Morgan fingerprint density at radius 3 is 1.19 bits per heavy atom. The minimum Gasteiger partial charge on any atom is -0.215 e. The standard InChI is InChI=1S/C7F13N/c8-1(3(10,11)12)2(9)21-6(17,18)4(13,14)5(15,16)7(21,19)20/b2-1-. The molecule has 0 aliphatic carbocycles. The average molecular weight is 345 g/mol. The highest BCUT2D eigenvalue weighted by Gasteiger charge is 2.94. The number of rotatable bonds is 1. The monoisotopic (exact) mass is 345 g/mol. The third kappa shape index (κ3) is 1.93. The third-order valence-electron chi connectivity index (χ3n) is 2.34. The lowest BCUT2D eigenvalue weighted by Crippen LogP contribution is -2.51. The van der Waals surface area contributed by atoms with Crippen LogP contribution in [0.5, 0.6) is 0 Å². The molecule has 1 rings (SSSR count). The Morgan fingerprint density at radius 1 is 0.667 bits per heavy atom. The zero-order chi connectivity index (χ0) is 17.2. The summed E-state index contributed by atoms with van der Waals surface area (Å²) in [5.74, 6) is -22.5. The van der Waals surface area contributed by atoms with E-state index in [0.717, 1.165) is 0 Å². The fourth-order valence-corrected chi connectivity index (χ4v) is 1.30. The molecule has 124 valence electrons. The molecule has 14 heteroatoms. The fourth-order valence-electron chi connectivity index (χ4n) is 1.30. The van der Waals surface area contributed by atoms with Crippen LogP contribution in [-0.4, -0.2) is 35.0 Å². The number of alkyl halides is 11. The maximum Gasteiger partial charge on any atom is 0.447 e. The van der Waals surface area contributed by atoms with E-state index in [-0.39, 0.29) is 0 Å². The molecule has 1 aliphatic heterocycles. The van der Waals surface area contributed by atoms with Crippen LogP contribution in [0.15, 0.2) is 11.8 Å². The van der Waals surface area contributed by atoms with Crippen LogP contribution in [0.4, 0.5) is 57.1 Å². The first-order chi connectivity index (χ1) is 8.94. The van der Waals surface area contributed by atoms with Crippen molar-refractivity contribution in [2.45, 2.75) is 30.1 Å². The predicted molar refractivity (Wildman–Crippen MR) is 36.9 cm³/mol. The maximum atomic E-state index is 12.8. The Bertz CT molecular complexity index is 445. The number of allylic oxidation sites excluding steroid dienone is 1. The van der Waals surface area contributed by atoms with Crippen molar-refractivity contribution in [1.29, 1.82) is 0 Å². The summed E-state index contributed by atoms with van der Waals surface area (Å²) in [6.07, 6.45) is -6.48. The summed E-state index contributed by atoms with van der Waals surface area (Å²) in [7, 11) is 0. The van der Waals surface area contributed by atoms with E-state index in [4.69, 9.17) is 0 Å². The zero-order valence-corrected chi connectivity index (χ0v) is 8.86. The summed E-state index contributed by atoms with van der Waals surface area (Å²) >= 11 is 0. The Hall–Kier alpha value is -1.37. The van der Waals surface area contributed by atoms with E-state index in [1.54, 1.807) is 0 Å². The van der Waals surface area contributed by atoms with E-state index < -0.39 is 46.8 Å². The van der Waals surface area contributed by atoms with Crippen molar-refractivity contribution in [3.05, 3.63) is 11.8 Å². The van der Waals surface area contributed by atoms with Crippen molar-refractivity contribution in [2.24, 2.45) is 0 Å². The first kappa shape index (κ1) is 17.7. The lowest BCUT2D eigenvalue weighted by atomic mass is 10.2. The Morgan fingerprint density at radius 2 is 0.952 bits per heavy atom. The predicted octanol–water partition coefficient (Wildman–Crippen LogP) is 4.43. The quantitative estimate of drug-likeness (QED) is 0.502. The minimum absolute atomic E-state index is 3.22. The lowest BCUT2D eigenvalue weighted by molar-refractivity contribution is -0.303. The summed E-state index contributed by atoms with van der Waals surface area (Å²) < 4.78 is 161. The second-order valence-corrected chi connectivity index (χ2v) is 3.67. The molecule has 1 saturated heterocycles. The van der Waals surface area contributed by atoms with Crippen molar-refractivity contribution < 1.29 is 57.1 Å². The molecular weight excluding hydrogens is 345 g/mol. The third-order valence-corrected chi connectivity index (χ3v) is 2.34. The molecule has 1 fully saturated rings. The highest BCUT2D eigenvalue weighted by atomic mass is 19.4. The smallest absolute Gasteiger partial charge is 0.215 e. The zero-order valence-electron chi connectivity index (χ0n) is 8.86. The van der Waals surface area contributed by atoms with Crippen LogP contribution in [0.3, 0.4) is 0 Å². The molecule has 0 atom stereocenters. The molecule has 21 heavy (non-hydrogen) atoms. The lowest BCUT2D eigenvalue weighted by Gasteiger charge is -2.28. The van der Waals surface area contributed by atoms with Crippen LogP contribution in [0.1, 0.15) is 0 Å². The molecule has 0 spiro atoms. The van der Waals surface area contributed by atoms with Gasteiger partial charge in [0.1, 0.15) is 0 Å². The van der Waals surface area contributed by atoms with Crippen LogP contribution in [0.2, 0.25) is 0 Å². The molecule has 1 heterocycles. The van der Waals surface area contributed by atoms with Crippen LogP contribution in [0.25, 0.3) is 0 Å². The first-order valence-electron chi connectivity index (χ1n) is 4.38. The van der Waals surface area contributed by atoms with Crippen molar-refractivity contribution >= 4 is 0 Å². The minimum atomic E-state index is -6.97. The van der Waals surface area contributed by atoms with Crippen LogP contribution >= 0.6 is 0 Å². The van der Waals surface area contributed by atoms with Crippen LogP contribution in [0, 0.1) is 0 Å². The van der Waals surface area contributed by atoms with E-state index in [2.05, 4.69) is 0 Å². The number of hydrogen-bond donors (Lipinski definition) is 0. The number of halogens is 13. The molecule has 0 saturated carbocycles. The van der Waals surface area contributed by atoms with E-state index in [1.807, 2.05) is 0 Å². The molecule has 0 unspecified atom stereocenters. The van der Waals surface area contributed by atoms with E-state index in [9.17, 15) is 57.1 Å². The molecule has 1 aliphatic rings. The van der Waals surface area contributed by atoms with Crippen molar-refractivity contribution in [2.75, 3.05) is 0 Å². The number of nitrogens with zero attached hydrogens (tertiary/aromatic N) is 1. The second kappa shape index (κ2) is 4.09. The molecular formula is C7F13N. The molecule has 0 aromatic carbocycles. The van der Waals surface area contributed by atoms with Crippen molar-refractivity contribution in [3.8, 4) is 0 Å². The molecule has 0 radical (unpaired) electrons. The highest BCUT2D eigenvalue weighted by molar-refractivity contribution is 5.20. The van der Waals surface area contributed by atoms with Crippen molar-refractivity contribution in [1.82, 2.24) is 4.90 Å². The van der Waals surface area contributed by atoms with Gasteiger partial charge in [0.2, 0.25) is 5.95 Å². The molecule has 0 amide bonds. The van der Waals surface area contributed by atoms with Crippen LogP contribution in [-0.2, 0) is 0 Å². The second-order valence-electron chi connectivity index (χ2n) is 3.67. The Labute approximate surface area is 105 Å². The van der Waals surface area contributed by atoms with Gasteiger partial charge in [-0.3, -0.25) is 0 Å².